The molecule has 3 rings (SSSR count). The topological polar surface area (TPSA) is 9.23 Å². The predicted molar refractivity (Wildman–Crippen MR) is 110 cm³/mol. The number of alkyl halides is 2. The second-order valence-corrected chi connectivity index (χ2v) is 7.67. The SMILES string of the molecule is CCCCc1cc(F)c(C(F)(F)Oc2ccc(CCc3cc(F)c(F)c(F)c3)cc2)c(F)c1. The summed E-state index contributed by atoms with van der Waals surface area (Å²) in [6, 6.07) is 8.79. The molecule has 3 aromatic rings. The Morgan fingerprint density at radius 3 is 1.70 bits per heavy atom. The summed E-state index contributed by atoms with van der Waals surface area (Å²) in [4.78, 5) is 0. The number of hydrogen-bond donors (Lipinski definition) is 0. The number of aryl methyl sites for hydroxylation is 3. The Bertz CT molecular complexity index is 1060. The van der Waals surface area contributed by atoms with Crippen LogP contribution in [0.15, 0.2) is 48.5 Å². The number of benzene rings is 3. The molecule has 3 aromatic carbocycles. The highest BCUT2D eigenvalue weighted by Crippen LogP contribution is 2.35. The molecule has 0 spiro atoms. The number of halogens is 7. The molecule has 0 aliphatic rings. The van der Waals surface area contributed by atoms with Gasteiger partial charge in [-0.1, -0.05) is 25.5 Å². The molecule has 0 amide bonds. The van der Waals surface area contributed by atoms with Gasteiger partial charge in [0.2, 0.25) is 0 Å². The third-order valence-corrected chi connectivity index (χ3v) is 5.13. The van der Waals surface area contributed by atoms with E-state index in [0.29, 0.717) is 18.4 Å². The highest BCUT2D eigenvalue weighted by molar-refractivity contribution is 5.32. The lowest BCUT2D eigenvalue weighted by Gasteiger charge is -2.20. The first-order valence-corrected chi connectivity index (χ1v) is 10.4. The van der Waals surface area contributed by atoms with Gasteiger partial charge in [0.25, 0.3) is 0 Å². The maximum Gasteiger partial charge on any atom is 0.432 e. The maximum atomic E-state index is 14.5. The minimum atomic E-state index is -4.25. The molecule has 0 bridgehead atoms. The monoisotopic (exact) mass is 470 g/mol. The van der Waals surface area contributed by atoms with Gasteiger partial charge in [-0.3, -0.25) is 0 Å². The Kier molecular flexibility index (Phi) is 7.66. The second kappa shape index (κ2) is 10.3. The first-order valence-electron chi connectivity index (χ1n) is 10.4. The largest absolute Gasteiger partial charge is 0.432 e. The van der Waals surface area contributed by atoms with Crippen LogP contribution < -0.4 is 4.74 Å². The fourth-order valence-corrected chi connectivity index (χ4v) is 3.39. The van der Waals surface area contributed by atoms with Gasteiger partial charge in [0.15, 0.2) is 17.5 Å². The summed E-state index contributed by atoms with van der Waals surface area (Å²) in [6.07, 6.45) is -1.97. The zero-order valence-electron chi connectivity index (χ0n) is 17.7. The van der Waals surface area contributed by atoms with Crippen LogP contribution in [0, 0.1) is 29.1 Å². The molecule has 176 valence electrons. The van der Waals surface area contributed by atoms with Crippen molar-refractivity contribution in [3.05, 3.63) is 99.9 Å². The van der Waals surface area contributed by atoms with Crippen molar-refractivity contribution in [2.75, 3.05) is 0 Å². The summed E-state index contributed by atoms with van der Waals surface area (Å²) in [5, 5.41) is 0. The predicted octanol–water partition coefficient (Wildman–Crippen LogP) is 7.64. The molecular formula is C25H21F7O. The molecule has 0 radical (unpaired) electrons. The Hall–Kier alpha value is -3.03. The minimum absolute atomic E-state index is 0.172. The molecule has 0 aliphatic heterocycles. The number of hydrogen-bond acceptors (Lipinski definition) is 1. The number of rotatable bonds is 9. The lowest BCUT2D eigenvalue weighted by atomic mass is 10.0. The zero-order valence-corrected chi connectivity index (χ0v) is 17.7. The first kappa shape index (κ1) is 24.6. The van der Waals surface area contributed by atoms with E-state index in [1.807, 2.05) is 6.92 Å². The summed E-state index contributed by atoms with van der Waals surface area (Å²) in [5.74, 6) is -7.24. The van der Waals surface area contributed by atoms with Gasteiger partial charge in [0, 0.05) is 0 Å². The van der Waals surface area contributed by atoms with Crippen LogP contribution in [-0.4, -0.2) is 0 Å². The maximum absolute atomic E-state index is 14.5. The van der Waals surface area contributed by atoms with Crippen molar-refractivity contribution < 1.29 is 35.5 Å². The van der Waals surface area contributed by atoms with E-state index >= 15 is 0 Å². The number of unbranched alkanes of at least 4 members (excludes halogenated alkanes) is 1. The third-order valence-electron chi connectivity index (χ3n) is 5.13. The van der Waals surface area contributed by atoms with Gasteiger partial charge in [0.05, 0.1) is 0 Å². The van der Waals surface area contributed by atoms with E-state index in [1.165, 1.54) is 24.3 Å². The van der Waals surface area contributed by atoms with E-state index < -0.39 is 40.8 Å². The Labute approximate surface area is 186 Å². The van der Waals surface area contributed by atoms with Gasteiger partial charge in [-0.05, 0) is 78.8 Å². The van der Waals surface area contributed by atoms with Gasteiger partial charge >= 0.3 is 6.11 Å². The molecule has 0 fully saturated rings. The first-order chi connectivity index (χ1) is 15.6. The summed E-state index contributed by atoms with van der Waals surface area (Å²) in [6.45, 7) is 1.90. The number of ether oxygens (including phenoxy) is 1. The van der Waals surface area contributed by atoms with Crippen LogP contribution in [0.3, 0.4) is 0 Å². The van der Waals surface area contributed by atoms with E-state index in [1.54, 1.807) is 0 Å². The molecule has 1 nitrogen and oxygen atoms in total. The summed E-state index contributed by atoms with van der Waals surface area (Å²) < 4.78 is 102. The van der Waals surface area contributed by atoms with Gasteiger partial charge in [-0.25, -0.2) is 22.0 Å². The Balaban J connectivity index is 1.69. The lowest BCUT2D eigenvalue weighted by Crippen LogP contribution is -2.25. The van der Waals surface area contributed by atoms with Crippen LogP contribution >= 0.6 is 0 Å². The zero-order chi connectivity index (χ0) is 24.2. The molecule has 8 heteroatoms. The molecule has 0 aliphatic carbocycles. The molecule has 0 atom stereocenters. The smallest absolute Gasteiger partial charge is 0.429 e. The van der Waals surface area contributed by atoms with Crippen LogP contribution in [0.5, 0.6) is 5.75 Å². The molecule has 0 N–H and O–H groups in total. The van der Waals surface area contributed by atoms with Crippen molar-refractivity contribution >= 4 is 0 Å². The highest BCUT2D eigenvalue weighted by Gasteiger charge is 2.41. The van der Waals surface area contributed by atoms with E-state index in [0.717, 1.165) is 30.7 Å². The van der Waals surface area contributed by atoms with Crippen LogP contribution in [0.2, 0.25) is 0 Å². The average molecular weight is 470 g/mol. The van der Waals surface area contributed by atoms with Gasteiger partial charge in [-0.2, -0.15) is 8.78 Å². The van der Waals surface area contributed by atoms with Crippen LogP contribution in [0.4, 0.5) is 30.7 Å². The molecule has 33 heavy (non-hydrogen) atoms. The van der Waals surface area contributed by atoms with Crippen LogP contribution in [0.25, 0.3) is 0 Å². The average Bonchev–Trinajstić information content (AvgIpc) is 2.74. The van der Waals surface area contributed by atoms with E-state index in [4.69, 9.17) is 0 Å². The third kappa shape index (κ3) is 6.06. The molecule has 0 unspecified atom stereocenters. The summed E-state index contributed by atoms with van der Waals surface area (Å²) in [7, 11) is 0. The summed E-state index contributed by atoms with van der Waals surface area (Å²) in [5.41, 5.74) is -0.330. The van der Waals surface area contributed by atoms with Crippen molar-refractivity contribution in [3.8, 4) is 5.75 Å². The van der Waals surface area contributed by atoms with Crippen molar-refractivity contribution in [2.24, 2.45) is 0 Å². The fourth-order valence-electron chi connectivity index (χ4n) is 3.39. The summed E-state index contributed by atoms with van der Waals surface area (Å²) >= 11 is 0. The van der Waals surface area contributed by atoms with Gasteiger partial charge in [-0.15, -0.1) is 0 Å². The normalized spacial score (nSPS) is 11.6. The molecule has 0 aromatic heterocycles. The molecular weight excluding hydrogens is 449 g/mol. The molecule has 0 saturated carbocycles. The van der Waals surface area contributed by atoms with Crippen molar-refractivity contribution in [2.45, 2.75) is 45.1 Å². The Morgan fingerprint density at radius 2 is 1.15 bits per heavy atom. The van der Waals surface area contributed by atoms with Crippen molar-refractivity contribution in [3.63, 3.8) is 0 Å². The van der Waals surface area contributed by atoms with Crippen molar-refractivity contribution in [1.82, 2.24) is 0 Å². The fraction of sp³-hybridized carbons (Fsp3) is 0.280. The van der Waals surface area contributed by atoms with Crippen LogP contribution in [-0.2, 0) is 25.4 Å². The highest BCUT2D eigenvalue weighted by atomic mass is 19.3. The standard InChI is InChI=1S/C25H21F7O/c1-2-3-4-16-11-19(26)23(20(27)12-16)25(31,32)33-18-9-7-15(8-10-18)5-6-17-13-21(28)24(30)22(29)14-17/h7-14H,2-6H2,1H3. The van der Waals surface area contributed by atoms with Crippen molar-refractivity contribution in [1.29, 1.82) is 0 Å². The van der Waals surface area contributed by atoms with E-state index in [2.05, 4.69) is 4.74 Å². The van der Waals surface area contributed by atoms with Crippen LogP contribution in [0.1, 0.15) is 42.0 Å². The lowest BCUT2D eigenvalue weighted by molar-refractivity contribution is -0.189. The van der Waals surface area contributed by atoms with E-state index in [9.17, 15) is 30.7 Å². The van der Waals surface area contributed by atoms with Gasteiger partial charge < -0.3 is 4.74 Å². The quantitative estimate of drug-likeness (QED) is 0.231. The molecule has 0 saturated heterocycles. The minimum Gasteiger partial charge on any atom is -0.429 e. The molecule has 0 heterocycles. The second-order valence-electron chi connectivity index (χ2n) is 7.67. The van der Waals surface area contributed by atoms with Gasteiger partial charge in [0.1, 0.15) is 22.9 Å². The van der Waals surface area contributed by atoms with E-state index in [-0.39, 0.29) is 29.7 Å². The Morgan fingerprint density at radius 1 is 0.667 bits per heavy atom.